The minimum Gasteiger partial charge on any atom is -0.329 e. The standard InChI is InChI=1S/C9H18N2/c10-7-9(4-1-5-11-9)6-8-2-3-8/h8,11H,1-7,10H2/t9-/m1/s1. The minimum absolute atomic E-state index is 0.348. The number of hydrogen-bond acceptors (Lipinski definition) is 2. The van der Waals surface area contributed by atoms with Crippen molar-refractivity contribution in [3.8, 4) is 0 Å². The third-order valence-corrected chi connectivity index (χ3v) is 3.10. The number of hydrogen-bond donors (Lipinski definition) is 2. The van der Waals surface area contributed by atoms with Gasteiger partial charge in [-0.05, 0) is 31.7 Å². The van der Waals surface area contributed by atoms with Crippen LogP contribution in [-0.2, 0) is 0 Å². The van der Waals surface area contributed by atoms with Crippen molar-refractivity contribution in [3.05, 3.63) is 0 Å². The summed E-state index contributed by atoms with van der Waals surface area (Å²) in [5, 5.41) is 3.57. The Morgan fingerprint density at radius 1 is 1.45 bits per heavy atom. The highest BCUT2D eigenvalue weighted by Crippen LogP contribution is 2.39. The molecule has 64 valence electrons. The lowest BCUT2D eigenvalue weighted by Crippen LogP contribution is -2.46. The van der Waals surface area contributed by atoms with Crippen molar-refractivity contribution in [1.29, 1.82) is 0 Å². The summed E-state index contributed by atoms with van der Waals surface area (Å²) in [4.78, 5) is 0. The van der Waals surface area contributed by atoms with Crippen LogP contribution in [0.4, 0.5) is 0 Å². The molecule has 1 aliphatic heterocycles. The van der Waals surface area contributed by atoms with Gasteiger partial charge in [0.25, 0.3) is 0 Å². The van der Waals surface area contributed by atoms with E-state index in [0.29, 0.717) is 5.54 Å². The van der Waals surface area contributed by atoms with Crippen LogP contribution < -0.4 is 11.1 Å². The number of nitrogens with one attached hydrogen (secondary N) is 1. The summed E-state index contributed by atoms with van der Waals surface area (Å²) in [5.74, 6) is 1.00. The normalized spacial score (nSPS) is 37.9. The van der Waals surface area contributed by atoms with E-state index in [2.05, 4.69) is 5.32 Å². The third-order valence-electron chi connectivity index (χ3n) is 3.10. The summed E-state index contributed by atoms with van der Waals surface area (Å²) in [6.07, 6.45) is 6.86. The Morgan fingerprint density at radius 3 is 2.73 bits per heavy atom. The van der Waals surface area contributed by atoms with Crippen LogP contribution in [0.25, 0.3) is 0 Å². The summed E-state index contributed by atoms with van der Waals surface area (Å²) in [6, 6.07) is 0. The molecule has 2 nitrogen and oxygen atoms in total. The van der Waals surface area contributed by atoms with Gasteiger partial charge in [-0.2, -0.15) is 0 Å². The van der Waals surface area contributed by atoms with Crippen molar-refractivity contribution in [1.82, 2.24) is 5.32 Å². The van der Waals surface area contributed by atoms with E-state index >= 15 is 0 Å². The average Bonchev–Trinajstić information content (AvgIpc) is 2.68. The van der Waals surface area contributed by atoms with Crippen LogP contribution in [-0.4, -0.2) is 18.6 Å². The van der Waals surface area contributed by atoms with E-state index in [-0.39, 0.29) is 0 Å². The Kier molecular flexibility index (Phi) is 1.90. The summed E-state index contributed by atoms with van der Waals surface area (Å²) in [6.45, 7) is 2.02. The van der Waals surface area contributed by atoms with E-state index in [0.717, 1.165) is 12.5 Å². The average molecular weight is 154 g/mol. The summed E-state index contributed by atoms with van der Waals surface area (Å²) >= 11 is 0. The molecule has 0 aromatic carbocycles. The largest absolute Gasteiger partial charge is 0.329 e. The Morgan fingerprint density at radius 2 is 2.27 bits per heavy atom. The van der Waals surface area contributed by atoms with Gasteiger partial charge >= 0.3 is 0 Å². The van der Waals surface area contributed by atoms with Gasteiger partial charge in [0.1, 0.15) is 0 Å². The van der Waals surface area contributed by atoms with E-state index in [1.165, 1.54) is 38.6 Å². The predicted octanol–water partition coefficient (Wildman–Crippen LogP) is 0.867. The second kappa shape index (κ2) is 2.76. The van der Waals surface area contributed by atoms with Crippen molar-refractivity contribution in [2.24, 2.45) is 11.7 Å². The van der Waals surface area contributed by atoms with Crippen LogP contribution in [0, 0.1) is 5.92 Å². The molecule has 0 spiro atoms. The first-order valence-electron chi connectivity index (χ1n) is 4.80. The Balaban J connectivity index is 1.91. The lowest BCUT2D eigenvalue weighted by Gasteiger charge is -2.27. The number of nitrogens with two attached hydrogens (primary N) is 1. The molecule has 2 heteroatoms. The molecular formula is C9H18N2. The van der Waals surface area contributed by atoms with Gasteiger partial charge in [0, 0.05) is 12.1 Å². The lowest BCUT2D eigenvalue weighted by atomic mass is 9.91. The molecule has 2 rings (SSSR count). The van der Waals surface area contributed by atoms with Gasteiger partial charge in [-0.25, -0.2) is 0 Å². The van der Waals surface area contributed by atoms with Crippen LogP contribution in [0.5, 0.6) is 0 Å². The third kappa shape index (κ3) is 1.57. The maximum Gasteiger partial charge on any atom is 0.0307 e. The first kappa shape index (κ1) is 7.56. The molecule has 1 atom stereocenters. The molecule has 3 N–H and O–H groups in total. The van der Waals surface area contributed by atoms with Crippen molar-refractivity contribution >= 4 is 0 Å². The first-order chi connectivity index (χ1) is 5.35. The fourth-order valence-electron chi connectivity index (χ4n) is 2.18. The molecule has 0 amide bonds. The molecule has 1 aliphatic carbocycles. The van der Waals surface area contributed by atoms with E-state index in [9.17, 15) is 0 Å². The monoisotopic (exact) mass is 154 g/mol. The first-order valence-corrected chi connectivity index (χ1v) is 4.80. The van der Waals surface area contributed by atoms with E-state index < -0.39 is 0 Å². The minimum atomic E-state index is 0.348. The van der Waals surface area contributed by atoms with Crippen molar-refractivity contribution in [2.75, 3.05) is 13.1 Å². The molecule has 2 aliphatic rings. The highest BCUT2D eigenvalue weighted by molar-refractivity contribution is 4.97. The quantitative estimate of drug-likeness (QED) is 0.633. The second-order valence-corrected chi connectivity index (χ2v) is 4.16. The van der Waals surface area contributed by atoms with Gasteiger partial charge in [-0.15, -0.1) is 0 Å². The van der Waals surface area contributed by atoms with Crippen molar-refractivity contribution in [3.63, 3.8) is 0 Å². The highest BCUT2D eigenvalue weighted by atomic mass is 15.0. The van der Waals surface area contributed by atoms with E-state index in [1.54, 1.807) is 0 Å². The summed E-state index contributed by atoms with van der Waals surface area (Å²) in [5.41, 5.74) is 6.13. The molecular weight excluding hydrogens is 136 g/mol. The molecule has 0 aromatic rings. The Bertz CT molecular complexity index is 134. The molecule has 1 saturated carbocycles. The molecule has 0 aromatic heterocycles. The van der Waals surface area contributed by atoms with Gasteiger partial charge in [0.2, 0.25) is 0 Å². The van der Waals surface area contributed by atoms with Crippen molar-refractivity contribution in [2.45, 2.75) is 37.6 Å². The van der Waals surface area contributed by atoms with E-state index in [1.807, 2.05) is 0 Å². The molecule has 1 saturated heterocycles. The fourth-order valence-corrected chi connectivity index (χ4v) is 2.18. The van der Waals surface area contributed by atoms with Crippen LogP contribution in [0.15, 0.2) is 0 Å². The number of rotatable bonds is 3. The zero-order chi connectivity index (χ0) is 7.73. The summed E-state index contributed by atoms with van der Waals surface area (Å²) in [7, 11) is 0. The maximum atomic E-state index is 5.78. The van der Waals surface area contributed by atoms with Crippen LogP contribution in [0.2, 0.25) is 0 Å². The van der Waals surface area contributed by atoms with Gasteiger partial charge in [-0.1, -0.05) is 12.8 Å². The molecule has 0 radical (unpaired) electrons. The SMILES string of the molecule is NC[C@]1(CC2CC2)CCCN1. The van der Waals surface area contributed by atoms with Crippen molar-refractivity contribution < 1.29 is 0 Å². The molecule has 0 bridgehead atoms. The van der Waals surface area contributed by atoms with Gasteiger partial charge in [0.05, 0.1) is 0 Å². The highest BCUT2D eigenvalue weighted by Gasteiger charge is 2.37. The zero-order valence-electron chi connectivity index (χ0n) is 7.10. The molecule has 2 fully saturated rings. The Hall–Kier alpha value is -0.0800. The molecule has 11 heavy (non-hydrogen) atoms. The fraction of sp³-hybridized carbons (Fsp3) is 1.00. The second-order valence-electron chi connectivity index (χ2n) is 4.16. The van der Waals surface area contributed by atoms with Gasteiger partial charge in [0.15, 0.2) is 0 Å². The summed E-state index contributed by atoms with van der Waals surface area (Å²) < 4.78 is 0. The topological polar surface area (TPSA) is 38.0 Å². The van der Waals surface area contributed by atoms with Crippen LogP contribution in [0.3, 0.4) is 0 Å². The van der Waals surface area contributed by atoms with Gasteiger partial charge < -0.3 is 11.1 Å². The van der Waals surface area contributed by atoms with E-state index in [4.69, 9.17) is 5.73 Å². The molecule has 0 unspecified atom stereocenters. The van der Waals surface area contributed by atoms with Gasteiger partial charge in [-0.3, -0.25) is 0 Å². The Labute approximate surface area is 68.5 Å². The van der Waals surface area contributed by atoms with Crippen LogP contribution in [0.1, 0.15) is 32.1 Å². The maximum absolute atomic E-state index is 5.78. The zero-order valence-corrected chi connectivity index (χ0v) is 7.10. The van der Waals surface area contributed by atoms with Crippen LogP contribution >= 0.6 is 0 Å². The predicted molar refractivity (Wildman–Crippen MR) is 46.4 cm³/mol. The molecule has 1 heterocycles. The lowest BCUT2D eigenvalue weighted by molar-refractivity contribution is 0.339. The smallest absolute Gasteiger partial charge is 0.0307 e.